The Labute approximate surface area is 155 Å². The van der Waals surface area contributed by atoms with Gasteiger partial charge in [0.1, 0.15) is 7.11 Å². The molecule has 0 aliphatic rings. The number of rotatable bonds is 11. The zero-order valence-corrected chi connectivity index (χ0v) is 14.8. The van der Waals surface area contributed by atoms with Crippen molar-refractivity contribution in [1.82, 2.24) is 0 Å². The number of benzene rings is 2. The number of halogens is 1. The number of ether oxygens (including phenoxy) is 2. The highest BCUT2D eigenvalue weighted by molar-refractivity contribution is 6.12. The van der Waals surface area contributed by atoms with Crippen LogP contribution in [0.25, 0.3) is 0 Å². The SMILES string of the molecule is [B][C@@H](COCc1ccccc1)[C@@H](OCc1ccccc1)[C@H](F)/C=N/OC. The minimum atomic E-state index is -1.51. The zero-order chi connectivity index (χ0) is 18.6. The third kappa shape index (κ3) is 6.98. The van der Waals surface area contributed by atoms with Gasteiger partial charge in [-0.15, -0.1) is 0 Å². The van der Waals surface area contributed by atoms with Crippen LogP contribution >= 0.6 is 0 Å². The van der Waals surface area contributed by atoms with Gasteiger partial charge >= 0.3 is 0 Å². The van der Waals surface area contributed by atoms with Gasteiger partial charge in [-0.3, -0.25) is 0 Å². The molecular formula is C20H23BFNO3. The van der Waals surface area contributed by atoms with E-state index in [1.54, 1.807) is 0 Å². The van der Waals surface area contributed by atoms with Gasteiger partial charge in [-0.1, -0.05) is 65.8 Å². The Morgan fingerprint density at radius 3 is 2.15 bits per heavy atom. The fourth-order valence-corrected chi connectivity index (χ4v) is 2.40. The maximum absolute atomic E-state index is 14.5. The third-order valence-electron chi connectivity index (χ3n) is 3.75. The molecule has 0 spiro atoms. The molecule has 0 saturated carbocycles. The van der Waals surface area contributed by atoms with Crippen LogP contribution in [0.3, 0.4) is 0 Å². The summed E-state index contributed by atoms with van der Waals surface area (Å²) >= 11 is 0. The van der Waals surface area contributed by atoms with Gasteiger partial charge in [0.05, 0.1) is 33.4 Å². The molecule has 0 N–H and O–H groups in total. The normalized spacial score (nSPS) is 14.8. The number of nitrogens with zero attached hydrogens (tertiary/aromatic N) is 1. The van der Waals surface area contributed by atoms with E-state index in [2.05, 4.69) is 9.99 Å². The van der Waals surface area contributed by atoms with Crippen LogP contribution in [0.1, 0.15) is 11.1 Å². The van der Waals surface area contributed by atoms with Crippen molar-refractivity contribution in [1.29, 1.82) is 0 Å². The molecule has 3 atom stereocenters. The Balaban J connectivity index is 1.91. The molecule has 26 heavy (non-hydrogen) atoms. The second-order valence-electron chi connectivity index (χ2n) is 5.81. The lowest BCUT2D eigenvalue weighted by Crippen LogP contribution is -2.34. The Morgan fingerprint density at radius 2 is 1.58 bits per heavy atom. The fraction of sp³-hybridized carbons (Fsp3) is 0.350. The summed E-state index contributed by atoms with van der Waals surface area (Å²) in [6, 6.07) is 19.2. The second kappa shape index (κ2) is 11.4. The molecule has 2 rings (SSSR count). The quantitative estimate of drug-likeness (QED) is 0.350. The second-order valence-corrected chi connectivity index (χ2v) is 5.81. The highest BCUT2D eigenvalue weighted by atomic mass is 19.1. The maximum atomic E-state index is 14.5. The largest absolute Gasteiger partial charge is 0.399 e. The molecule has 136 valence electrons. The van der Waals surface area contributed by atoms with Gasteiger partial charge < -0.3 is 14.3 Å². The fourth-order valence-electron chi connectivity index (χ4n) is 2.40. The smallest absolute Gasteiger partial charge is 0.164 e. The molecule has 2 radical (unpaired) electrons. The highest BCUT2D eigenvalue weighted by Gasteiger charge is 2.27. The molecule has 0 aliphatic carbocycles. The van der Waals surface area contributed by atoms with Gasteiger partial charge in [-0.2, -0.15) is 0 Å². The van der Waals surface area contributed by atoms with Crippen LogP contribution in [0, 0.1) is 0 Å². The number of oxime groups is 1. The van der Waals surface area contributed by atoms with Crippen molar-refractivity contribution in [2.24, 2.45) is 5.16 Å². The summed E-state index contributed by atoms with van der Waals surface area (Å²) < 4.78 is 25.8. The molecule has 0 saturated heterocycles. The van der Waals surface area contributed by atoms with Gasteiger partial charge in [0.25, 0.3) is 0 Å². The Morgan fingerprint density at radius 1 is 1.00 bits per heavy atom. The Kier molecular flexibility index (Phi) is 8.86. The summed E-state index contributed by atoms with van der Waals surface area (Å²) in [5.41, 5.74) is 1.96. The van der Waals surface area contributed by atoms with Gasteiger partial charge in [-0.25, -0.2) is 4.39 Å². The molecule has 6 heteroatoms. The summed E-state index contributed by atoms with van der Waals surface area (Å²) in [5, 5.41) is 3.48. The van der Waals surface area contributed by atoms with E-state index in [1.165, 1.54) is 7.11 Å². The summed E-state index contributed by atoms with van der Waals surface area (Å²) in [6.45, 7) is 0.817. The molecule has 2 aromatic rings. The first-order valence-corrected chi connectivity index (χ1v) is 8.44. The van der Waals surface area contributed by atoms with Gasteiger partial charge in [-0.05, 0) is 16.9 Å². The van der Waals surface area contributed by atoms with Gasteiger partial charge in [0.15, 0.2) is 6.17 Å². The molecule has 0 aliphatic heterocycles. The standard InChI is InChI=1S/C20H23BFNO3/c1-24-23-12-19(22)20(26-14-17-10-6-3-7-11-17)18(21)15-25-13-16-8-4-2-5-9-16/h2-12,18-20H,13-15H2,1H3/b23-12+/t18-,19+,20+/m0/s1. The highest BCUT2D eigenvalue weighted by Crippen LogP contribution is 2.20. The lowest BCUT2D eigenvalue weighted by molar-refractivity contribution is -0.0158. The average molecular weight is 355 g/mol. The first-order chi connectivity index (χ1) is 12.7. The van der Waals surface area contributed by atoms with Gasteiger partial charge in [0.2, 0.25) is 0 Å². The van der Waals surface area contributed by atoms with E-state index < -0.39 is 18.1 Å². The van der Waals surface area contributed by atoms with Crippen molar-refractivity contribution in [3.05, 3.63) is 71.8 Å². The first kappa shape index (κ1) is 20.1. The van der Waals surface area contributed by atoms with E-state index in [1.807, 2.05) is 60.7 Å². The molecule has 2 aromatic carbocycles. The lowest BCUT2D eigenvalue weighted by atomic mass is 9.81. The van der Waals surface area contributed by atoms with Crippen LogP contribution in [0.15, 0.2) is 65.8 Å². The summed E-state index contributed by atoms with van der Waals surface area (Å²) in [6.07, 6.45) is -1.36. The van der Waals surface area contributed by atoms with Crippen molar-refractivity contribution in [3.63, 3.8) is 0 Å². The molecule has 4 nitrogen and oxygen atoms in total. The topological polar surface area (TPSA) is 40.0 Å². The summed E-state index contributed by atoms with van der Waals surface area (Å²) in [4.78, 5) is 4.55. The van der Waals surface area contributed by atoms with Crippen LogP contribution in [-0.2, 0) is 27.5 Å². The van der Waals surface area contributed by atoms with Crippen LogP contribution in [0.2, 0.25) is 5.82 Å². The van der Waals surface area contributed by atoms with E-state index in [9.17, 15) is 4.39 Å². The molecular weight excluding hydrogens is 332 g/mol. The third-order valence-corrected chi connectivity index (χ3v) is 3.75. The molecule has 0 amide bonds. The maximum Gasteiger partial charge on any atom is 0.164 e. The molecule has 0 aromatic heterocycles. The minimum Gasteiger partial charge on any atom is -0.399 e. The zero-order valence-electron chi connectivity index (χ0n) is 14.8. The van der Waals surface area contributed by atoms with Crippen LogP contribution in [0.4, 0.5) is 4.39 Å². The van der Waals surface area contributed by atoms with E-state index in [0.29, 0.717) is 6.61 Å². The summed E-state index contributed by atoms with van der Waals surface area (Å²) in [5.74, 6) is -0.652. The van der Waals surface area contributed by atoms with E-state index in [-0.39, 0.29) is 13.2 Å². The predicted octanol–water partition coefficient (Wildman–Crippen LogP) is 3.72. The van der Waals surface area contributed by atoms with Gasteiger partial charge in [0, 0.05) is 6.61 Å². The molecule has 0 unspecified atom stereocenters. The summed E-state index contributed by atoms with van der Waals surface area (Å²) in [7, 11) is 7.48. The molecule has 0 fully saturated rings. The predicted molar refractivity (Wildman–Crippen MR) is 101 cm³/mol. The number of hydrogen-bond acceptors (Lipinski definition) is 4. The van der Waals surface area contributed by atoms with E-state index in [4.69, 9.17) is 17.3 Å². The van der Waals surface area contributed by atoms with E-state index >= 15 is 0 Å². The van der Waals surface area contributed by atoms with Crippen LogP contribution < -0.4 is 0 Å². The minimum absolute atomic E-state index is 0.162. The Bertz CT molecular complexity index is 642. The van der Waals surface area contributed by atoms with Crippen molar-refractivity contribution in [2.75, 3.05) is 13.7 Å². The van der Waals surface area contributed by atoms with Crippen molar-refractivity contribution < 1.29 is 18.7 Å². The first-order valence-electron chi connectivity index (χ1n) is 8.44. The van der Waals surface area contributed by atoms with E-state index in [0.717, 1.165) is 17.3 Å². The monoisotopic (exact) mass is 355 g/mol. The lowest BCUT2D eigenvalue weighted by Gasteiger charge is -2.26. The molecule has 0 heterocycles. The number of hydrogen-bond donors (Lipinski definition) is 0. The Hall–Kier alpha value is -2.18. The van der Waals surface area contributed by atoms with Crippen molar-refractivity contribution >= 4 is 14.1 Å². The number of alkyl halides is 1. The average Bonchev–Trinajstić information content (AvgIpc) is 2.68. The molecule has 0 bridgehead atoms. The van der Waals surface area contributed by atoms with Crippen LogP contribution in [-0.4, -0.2) is 40.1 Å². The van der Waals surface area contributed by atoms with Crippen LogP contribution in [0.5, 0.6) is 0 Å². The van der Waals surface area contributed by atoms with Crippen molar-refractivity contribution in [3.8, 4) is 0 Å². The van der Waals surface area contributed by atoms with Crippen molar-refractivity contribution in [2.45, 2.75) is 31.3 Å².